The summed E-state index contributed by atoms with van der Waals surface area (Å²) in [5.41, 5.74) is 1.61. The highest BCUT2D eigenvalue weighted by Crippen LogP contribution is 2.33. The molecule has 11 heteroatoms. The lowest BCUT2D eigenvalue weighted by Crippen LogP contribution is -2.27. The Kier molecular flexibility index (Phi) is 9.21. The van der Waals surface area contributed by atoms with E-state index in [0.717, 1.165) is 19.5 Å². The zero-order valence-electron chi connectivity index (χ0n) is 20.8. The van der Waals surface area contributed by atoms with Crippen molar-refractivity contribution in [1.29, 1.82) is 0 Å². The van der Waals surface area contributed by atoms with Gasteiger partial charge in [0.05, 0.1) is 18.9 Å². The zero-order chi connectivity index (χ0) is 26.2. The Balaban J connectivity index is 1.55. The molecule has 196 valence electrons. The number of carbonyl (C=O) groups is 1. The van der Waals surface area contributed by atoms with E-state index in [4.69, 9.17) is 21.1 Å². The van der Waals surface area contributed by atoms with Crippen molar-refractivity contribution < 1.29 is 18.7 Å². The highest BCUT2D eigenvalue weighted by molar-refractivity contribution is 6.30. The monoisotopic (exact) mass is 528 g/mol. The summed E-state index contributed by atoms with van der Waals surface area (Å²) >= 11 is 6.08. The predicted octanol–water partition coefficient (Wildman–Crippen LogP) is 4.91. The summed E-state index contributed by atoms with van der Waals surface area (Å²) in [6.07, 6.45) is 2.51. The Morgan fingerprint density at radius 2 is 2.05 bits per heavy atom. The van der Waals surface area contributed by atoms with Crippen LogP contribution in [0.1, 0.15) is 26.7 Å². The normalized spacial score (nSPS) is 15.1. The Bertz CT molecular complexity index is 1220. The molecule has 3 heterocycles. The van der Waals surface area contributed by atoms with Crippen LogP contribution in [0, 0.1) is 5.82 Å². The van der Waals surface area contributed by atoms with Crippen LogP contribution in [0.5, 0.6) is 5.88 Å². The topological polar surface area (TPSA) is 102 Å². The number of pyridine rings is 1. The molecule has 3 aromatic rings. The lowest BCUT2D eigenvalue weighted by molar-refractivity contribution is -0.116. The van der Waals surface area contributed by atoms with E-state index in [1.807, 2.05) is 0 Å². The van der Waals surface area contributed by atoms with Gasteiger partial charge in [0.1, 0.15) is 23.4 Å². The van der Waals surface area contributed by atoms with Crippen LogP contribution in [0.3, 0.4) is 0 Å². The number of amides is 1. The molecule has 1 aliphatic rings. The molecule has 1 amide bonds. The fourth-order valence-electron chi connectivity index (χ4n) is 3.88. The van der Waals surface area contributed by atoms with Crippen LogP contribution in [-0.4, -0.2) is 64.9 Å². The molecule has 0 spiro atoms. The average molecular weight is 529 g/mol. The van der Waals surface area contributed by atoms with Gasteiger partial charge in [-0.1, -0.05) is 25.4 Å². The molecule has 1 fully saturated rings. The Morgan fingerprint density at radius 3 is 2.81 bits per heavy atom. The molecule has 37 heavy (non-hydrogen) atoms. The van der Waals surface area contributed by atoms with Gasteiger partial charge in [-0.15, -0.1) is 10.2 Å². The maximum absolute atomic E-state index is 14.5. The molecule has 2 aromatic heterocycles. The third-order valence-electron chi connectivity index (χ3n) is 5.99. The summed E-state index contributed by atoms with van der Waals surface area (Å²) in [4.78, 5) is 18.9. The fourth-order valence-corrected chi connectivity index (χ4v) is 4.06. The molecule has 4 rings (SSSR count). The van der Waals surface area contributed by atoms with Gasteiger partial charge in [-0.2, -0.15) is 0 Å². The first-order chi connectivity index (χ1) is 17.9. The van der Waals surface area contributed by atoms with Crippen LogP contribution in [-0.2, 0) is 9.53 Å². The highest BCUT2D eigenvalue weighted by Gasteiger charge is 2.21. The largest absolute Gasteiger partial charge is 0.469 e. The van der Waals surface area contributed by atoms with Crippen LogP contribution >= 0.6 is 11.6 Å². The first-order valence-electron chi connectivity index (χ1n) is 12.3. The first kappa shape index (κ1) is 26.7. The second kappa shape index (κ2) is 12.8. The fraction of sp³-hybridized carbons (Fsp3) is 0.385. The molecule has 0 saturated carbocycles. The summed E-state index contributed by atoms with van der Waals surface area (Å²) in [5.74, 6) is 0.0693. The number of nitrogens with one attached hydrogen (secondary N) is 2. The number of benzene rings is 1. The number of halogens is 2. The second-order valence-electron chi connectivity index (χ2n) is 8.56. The van der Waals surface area contributed by atoms with Crippen molar-refractivity contribution in [1.82, 2.24) is 20.1 Å². The molecular formula is C26H30ClFN6O3. The minimum absolute atomic E-state index is 0.119. The minimum atomic E-state index is -0.471. The van der Waals surface area contributed by atoms with Crippen molar-refractivity contribution in [3.05, 3.63) is 53.4 Å². The van der Waals surface area contributed by atoms with E-state index in [0.29, 0.717) is 48.4 Å². The van der Waals surface area contributed by atoms with Gasteiger partial charge in [-0.25, -0.2) is 9.37 Å². The van der Waals surface area contributed by atoms with Crippen LogP contribution in [0.25, 0.3) is 11.3 Å². The number of hydrogen-bond donors (Lipinski definition) is 2. The molecule has 0 bridgehead atoms. The average Bonchev–Trinajstić information content (AvgIpc) is 3.40. The molecule has 0 aliphatic carbocycles. The zero-order valence-corrected chi connectivity index (χ0v) is 21.6. The minimum Gasteiger partial charge on any atom is -0.469 e. The van der Waals surface area contributed by atoms with Gasteiger partial charge in [0, 0.05) is 47.9 Å². The van der Waals surface area contributed by atoms with E-state index < -0.39 is 5.82 Å². The van der Waals surface area contributed by atoms with Crippen molar-refractivity contribution in [2.24, 2.45) is 0 Å². The van der Waals surface area contributed by atoms with E-state index >= 15 is 0 Å². The maximum atomic E-state index is 14.5. The Morgan fingerprint density at radius 1 is 1.22 bits per heavy atom. The quantitative estimate of drug-likeness (QED) is 0.362. The van der Waals surface area contributed by atoms with Crippen molar-refractivity contribution in [2.45, 2.75) is 32.8 Å². The number of carbonyl (C=O) groups excluding carboxylic acids is 1. The molecule has 1 atom stereocenters. The van der Waals surface area contributed by atoms with Crippen LogP contribution in [0.4, 0.5) is 21.6 Å². The van der Waals surface area contributed by atoms with E-state index in [1.54, 1.807) is 24.4 Å². The van der Waals surface area contributed by atoms with Gasteiger partial charge in [0.2, 0.25) is 5.91 Å². The van der Waals surface area contributed by atoms with Gasteiger partial charge < -0.3 is 25.0 Å². The van der Waals surface area contributed by atoms with Crippen LogP contribution < -0.4 is 15.4 Å². The standard InChI is InChI=1S/C26H30ClFN6O3/c1-3-34(4-2)11-8-25(35)31-24-14-18(7-10-29-24)30-23-15-22(20-13-17(27)5-6-21(20)28)32-33-26(23)37-19-9-12-36-16-19/h5-7,10,13-15,19H,3-4,8-9,11-12,16H2,1-2H3,(H2,29,30,31,32,35). The lowest BCUT2D eigenvalue weighted by atomic mass is 10.1. The molecule has 1 aromatic carbocycles. The second-order valence-corrected chi connectivity index (χ2v) is 8.99. The third kappa shape index (κ3) is 7.34. The van der Waals surface area contributed by atoms with Gasteiger partial charge in [-0.3, -0.25) is 4.79 Å². The molecule has 1 saturated heterocycles. The maximum Gasteiger partial charge on any atom is 0.257 e. The summed E-state index contributed by atoms with van der Waals surface area (Å²) in [7, 11) is 0. The van der Waals surface area contributed by atoms with E-state index in [2.05, 4.69) is 44.6 Å². The van der Waals surface area contributed by atoms with Crippen molar-refractivity contribution >= 4 is 34.7 Å². The summed E-state index contributed by atoms with van der Waals surface area (Å²) in [6, 6.07) is 9.35. The molecular weight excluding hydrogens is 499 g/mol. The first-order valence-corrected chi connectivity index (χ1v) is 12.7. The Hall–Kier alpha value is -3.34. The molecule has 1 unspecified atom stereocenters. The lowest BCUT2D eigenvalue weighted by Gasteiger charge is -2.17. The Labute approximate surface area is 220 Å². The van der Waals surface area contributed by atoms with Gasteiger partial charge in [0.15, 0.2) is 0 Å². The van der Waals surface area contributed by atoms with Gasteiger partial charge in [-0.05, 0) is 43.4 Å². The summed E-state index contributed by atoms with van der Waals surface area (Å²) in [5, 5.41) is 14.9. The van der Waals surface area contributed by atoms with Gasteiger partial charge >= 0.3 is 0 Å². The number of anilines is 3. The molecule has 1 aliphatic heterocycles. The van der Waals surface area contributed by atoms with Crippen molar-refractivity contribution in [3.8, 4) is 17.1 Å². The smallest absolute Gasteiger partial charge is 0.257 e. The van der Waals surface area contributed by atoms with E-state index in [-0.39, 0.29) is 29.1 Å². The predicted molar refractivity (Wildman–Crippen MR) is 141 cm³/mol. The molecule has 0 radical (unpaired) electrons. The number of rotatable bonds is 11. The highest BCUT2D eigenvalue weighted by atomic mass is 35.5. The van der Waals surface area contributed by atoms with Crippen molar-refractivity contribution in [3.63, 3.8) is 0 Å². The molecule has 2 N–H and O–H groups in total. The SMILES string of the molecule is CCN(CC)CCC(=O)Nc1cc(Nc2cc(-c3cc(Cl)ccc3F)nnc2OC2CCOC2)ccn1. The summed E-state index contributed by atoms with van der Waals surface area (Å²) in [6.45, 7) is 7.64. The number of hydrogen-bond acceptors (Lipinski definition) is 8. The van der Waals surface area contributed by atoms with Gasteiger partial charge in [0.25, 0.3) is 5.88 Å². The van der Waals surface area contributed by atoms with Crippen LogP contribution in [0.2, 0.25) is 5.02 Å². The van der Waals surface area contributed by atoms with E-state index in [1.165, 1.54) is 18.2 Å². The van der Waals surface area contributed by atoms with Crippen molar-refractivity contribution in [2.75, 3.05) is 43.5 Å². The third-order valence-corrected chi connectivity index (χ3v) is 6.22. The molecule has 9 nitrogen and oxygen atoms in total. The number of nitrogens with zero attached hydrogens (tertiary/aromatic N) is 4. The van der Waals surface area contributed by atoms with E-state index in [9.17, 15) is 9.18 Å². The summed E-state index contributed by atoms with van der Waals surface area (Å²) < 4.78 is 26.0. The number of ether oxygens (including phenoxy) is 2. The van der Waals surface area contributed by atoms with Crippen LogP contribution in [0.15, 0.2) is 42.6 Å². The number of aromatic nitrogens is 3.